The van der Waals surface area contributed by atoms with Gasteiger partial charge in [0.25, 0.3) is 0 Å². The quantitative estimate of drug-likeness (QED) is 0.564. The molecule has 0 aliphatic rings. The third-order valence-electron chi connectivity index (χ3n) is 1.88. The molecule has 0 spiro atoms. The molecule has 0 aliphatic carbocycles. The third-order valence-corrected chi connectivity index (χ3v) is 2.35. The molecule has 0 saturated heterocycles. The predicted octanol–water partition coefficient (Wildman–Crippen LogP) is -2.12. The number of hydrogen-bond acceptors (Lipinski definition) is 3. The van der Waals surface area contributed by atoms with Gasteiger partial charge in [0.15, 0.2) is 0 Å². The van der Waals surface area contributed by atoms with Gasteiger partial charge in [-0.15, -0.1) is 0 Å². The summed E-state index contributed by atoms with van der Waals surface area (Å²) < 4.78 is 0.824. The molecular formula is C9H9BrLiNO2. The molecule has 0 saturated carbocycles. The van der Waals surface area contributed by atoms with Crippen molar-refractivity contribution < 1.29 is 28.8 Å². The number of pyridine rings is 1. The summed E-state index contributed by atoms with van der Waals surface area (Å²) in [6.07, 6.45) is 1.57. The number of carboxylic acids is 1. The van der Waals surface area contributed by atoms with Gasteiger partial charge in [-0.25, -0.2) is 0 Å². The Balaban J connectivity index is 0.00000169. The Labute approximate surface area is 103 Å². The summed E-state index contributed by atoms with van der Waals surface area (Å²) in [4.78, 5) is 14.7. The van der Waals surface area contributed by atoms with Crippen LogP contribution in [0.2, 0.25) is 0 Å². The molecule has 1 heterocycles. The number of aromatic nitrogens is 1. The van der Waals surface area contributed by atoms with Crippen LogP contribution in [0.1, 0.15) is 19.5 Å². The fraction of sp³-hybridized carbons (Fsp3) is 0.333. The van der Waals surface area contributed by atoms with Gasteiger partial charge in [0.1, 0.15) is 0 Å². The second-order valence-electron chi connectivity index (χ2n) is 3.27. The molecule has 0 atom stereocenters. The van der Waals surface area contributed by atoms with Gasteiger partial charge >= 0.3 is 18.9 Å². The maximum atomic E-state index is 10.7. The molecular weight excluding hydrogens is 241 g/mol. The summed E-state index contributed by atoms with van der Waals surface area (Å²) in [7, 11) is 0. The van der Waals surface area contributed by atoms with Gasteiger partial charge in [-0.3, -0.25) is 4.98 Å². The Morgan fingerprint density at radius 3 is 2.43 bits per heavy atom. The Morgan fingerprint density at radius 1 is 1.50 bits per heavy atom. The van der Waals surface area contributed by atoms with Gasteiger partial charge < -0.3 is 9.90 Å². The largest absolute Gasteiger partial charge is 1.00 e. The molecule has 1 aromatic rings. The van der Waals surface area contributed by atoms with Crippen LogP contribution in [0.15, 0.2) is 22.8 Å². The molecule has 0 unspecified atom stereocenters. The van der Waals surface area contributed by atoms with Crippen LogP contribution >= 0.6 is 15.9 Å². The van der Waals surface area contributed by atoms with E-state index in [1.807, 2.05) is 0 Å². The normalized spacial score (nSPS) is 10.5. The topological polar surface area (TPSA) is 53.0 Å². The van der Waals surface area contributed by atoms with E-state index in [0.717, 1.165) is 4.47 Å². The van der Waals surface area contributed by atoms with E-state index in [-0.39, 0.29) is 18.9 Å². The van der Waals surface area contributed by atoms with Crippen molar-refractivity contribution in [3.8, 4) is 0 Å². The number of rotatable bonds is 2. The van der Waals surface area contributed by atoms with E-state index >= 15 is 0 Å². The summed E-state index contributed by atoms with van der Waals surface area (Å²) in [5, 5.41) is 10.7. The Bertz CT molecular complexity index is 324. The first-order valence-corrected chi connectivity index (χ1v) is 4.57. The second kappa shape index (κ2) is 4.97. The number of carboxylic acid groups (broad SMARTS) is 1. The van der Waals surface area contributed by atoms with Crippen molar-refractivity contribution in [3.05, 3.63) is 28.5 Å². The van der Waals surface area contributed by atoms with Crippen molar-refractivity contribution >= 4 is 21.9 Å². The van der Waals surface area contributed by atoms with Crippen LogP contribution < -0.4 is 24.0 Å². The van der Waals surface area contributed by atoms with Crippen molar-refractivity contribution in [1.29, 1.82) is 0 Å². The molecule has 0 aromatic carbocycles. The summed E-state index contributed by atoms with van der Waals surface area (Å²) in [5.41, 5.74) is -0.545. The van der Waals surface area contributed by atoms with E-state index < -0.39 is 11.4 Å². The zero-order valence-corrected chi connectivity index (χ0v) is 9.96. The van der Waals surface area contributed by atoms with Crippen LogP contribution in [0, 0.1) is 0 Å². The van der Waals surface area contributed by atoms with Crippen LogP contribution in [0.3, 0.4) is 0 Å². The molecule has 0 radical (unpaired) electrons. The maximum Gasteiger partial charge on any atom is 1.00 e. The fourth-order valence-electron chi connectivity index (χ4n) is 0.850. The monoisotopic (exact) mass is 249 g/mol. The molecule has 0 amide bonds. The molecule has 0 N–H and O–H groups in total. The van der Waals surface area contributed by atoms with Crippen molar-refractivity contribution in [2.75, 3.05) is 0 Å². The summed E-state index contributed by atoms with van der Waals surface area (Å²) in [6, 6.07) is 3.42. The van der Waals surface area contributed by atoms with Gasteiger partial charge in [-0.1, -0.05) is 0 Å². The average Bonchev–Trinajstić information content (AvgIpc) is 2.04. The Hall–Kier alpha value is -0.303. The van der Waals surface area contributed by atoms with E-state index in [1.54, 1.807) is 32.2 Å². The molecule has 0 fully saturated rings. The van der Waals surface area contributed by atoms with Crippen LogP contribution in [0.25, 0.3) is 0 Å². The number of aliphatic carboxylic acids is 1. The van der Waals surface area contributed by atoms with Gasteiger partial charge in [0.05, 0.1) is 11.7 Å². The van der Waals surface area contributed by atoms with E-state index in [0.29, 0.717) is 5.69 Å². The number of nitrogens with zero attached hydrogens (tertiary/aromatic N) is 1. The van der Waals surface area contributed by atoms with Gasteiger partial charge in [0.2, 0.25) is 0 Å². The average molecular weight is 250 g/mol. The predicted molar refractivity (Wildman–Crippen MR) is 50.0 cm³/mol. The van der Waals surface area contributed by atoms with E-state index in [1.165, 1.54) is 0 Å². The minimum atomic E-state index is -1.12. The second-order valence-corrected chi connectivity index (χ2v) is 4.19. The third kappa shape index (κ3) is 2.84. The number of carbonyl (C=O) groups is 1. The summed E-state index contributed by atoms with van der Waals surface area (Å²) in [6.45, 7) is 3.14. The van der Waals surface area contributed by atoms with Crippen molar-refractivity contribution in [2.24, 2.45) is 0 Å². The van der Waals surface area contributed by atoms with Crippen LogP contribution in [-0.4, -0.2) is 11.0 Å². The number of carbonyl (C=O) groups excluding carboxylic acids is 1. The molecule has 14 heavy (non-hydrogen) atoms. The smallest absolute Gasteiger partial charge is 0.549 e. The SMILES string of the molecule is CC(C)(C(=O)[O-])c1ccc(Br)cn1.[Li+]. The molecule has 3 nitrogen and oxygen atoms in total. The van der Waals surface area contributed by atoms with Crippen molar-refractivity contribution in [2.45, 2.75) is 19.3 Å². The standard InChI is InChI=1S/C9H10BrNO2.Li/c1-9(2,8(12)13)7-4-3-6(10)5-11-7;/h3-5H,1-2H3,(H,12,13);/q;+1/p-1. The van der Waals surface area contributed by atoms with Crippen LogP contribution in [0.4, 0.5) is 0 Å². The van der Waals surface area contributed by atoms with Gasteiger partial charge in [-0.05, 0) is 41.9 Å². The van der Waals surface area contributed by atoms with E-state index in [2.05, 4.69) is 20.9 Å². The minimum absolute atomic E-state index is 0. The molecule has 1 aromatic heterocycles. The molecule has 1 rings (SSSR count). The zero-order valence-electron chi connectivity index (χ0n) is 8.37. The minimum Gasteiger partial charge on any atom is -0.549 e. The molecule has 0 aliphatic heterocycles. The Morgan fingerprint density at radius 2 is 2.07 bits per heavy atom. The summed E-state index contributed by atoms with van der Waals surface area (Å²) >= 11 is 3.22. The van der Waals surface area contributed by atoms with Crippen LogP contribution in [-0.2, 0) is 10.2 Å². The maximum absolute atomic E-state index is 10.7. The Kier molecular flexibility index (Phi) is 4.86. The molecule has 5 heteroatoms. The van der Waals surface area contributed by atoms with E-state index in [9.17, 15) is 9.90 Å². The van der Waals surface area contributed by atoms with Crippen molar-refractivity contribution in [3.63, 3.8) is 0 Å². The first-order chi connectivity index (χ1) is 5.94. The number of halogens is 1. The molecule has 0 bridgehead atoms. The zero-order chi connectivity index (χ0) is 10.1. The first kappa shape index (κ1) is 13.7. The summed E-state index contributed by atoms with van der Waals surface area (Å²) in [5.74, 6) is -1.12. The van der Waals surface area contributed by atoms with Crippen LogP contribution in [0.5, 0.6) is 0 Å². The number of hydrogen-bond donors (Lipinski definition) is 0. The van der Waals surface area contributed by atoms with Gasteiger partial charge in [0, 0.05) is 16.1 Å². The fourth-order valence-corrected chi connectivity index (χ4v) is 1.08. The van der Waals surface area contributed by atoms with Gasteiger partial charge in [-0.2, -0.15) is 0 Å². The van der Waals surface area contributed by atoms with Crippen molar-refractivity contribution in [1.82, 2.24) is 4.98 Å². The van der Waals surface area contributed by atoms with E-state index in [4.69, 9.17) is 0 Å². The first-order valence-electron chi connectivity index (χ1n) is 3.78. The molecule has 70 valence electrons.